The standard InChI is InChI=1S/C18H28N4O3/c1-13-17(14(2)25-19-13)12-20-7-9-21(10-8-20)18(24)16-5-4-6-22(11-16)15(3)23/h16H,4-12H2,1-3H3/t16-/m0/s1. The molecular weight excluding hydrogens is 320 g/mol. The first-order valence-corrected chi connectivity index (χ1v) is 9.14. The third-order valence-electron chi connectivity index (χ3n) is 5.46. The Balaban J connectivity index is 1.51. The Kier molecular flexibility index (Phi) is 5.42. The highest BCUT2D eigenvalue weighted by molar-refractivity contribution is 5.81. The second-order valence-electron chi connectivity index (χ2n) is 7.21. The predicted octanol–water partition coefficient (Wildman–Crippen LogP) is 1.19. The topological polar surface area (TPSA) is 69.9 Å². The number of piperazine rings is 1. The predicted molar refractivity (Wildman–Crippen MR) is 92.8 cm³/mol. The first-order chi connectivity index (χ1) is 12.0. The third-order valence-corrected chi connectivity index (χ3v) is 5.46. The van der Waals surface area contributed by atoms with Gasteiger partial charge in [0.05, 0.1) is 11.6 Å². The normalized spacial score (nSPS) is 22.3. The molecule has 2 saturated heterocycles. The molecule has 7 heteroatoms. The Morgan fingerprint density at radius 2 is 1.84 bits per heavy atom. The maximum Gasteiger partial charge on any atom is 0.227 e. The van der Waals surface area contributed by atoms with Crippen LogP contribution in [0.2, 0.25) is 0 Å². The molecule has 0 N–H and O–H groups in total. The molecule has 3 heterocycles. The van der Waals surface area contributed by atoms with Gasteiger partial charge in [-0.15, -0.1) is 0 Å². The molecule has 0 radical (unpaired) electrons. The van der Waals surface area contributed by atoms with Gasteiger partial charge in [-0.1, -0.05) is 5.16 Å². The summed E-state index contributed by atoms with van der Waals surface area (Å²) < 4.78 is 5.23. The lowest BCUT2D eigenvalue weighted by Crippen LogP contribution is -2.52. The second kappa shape index (κ2) is 7.56. The quantitative estimate of drug-likeness (QED) is 0.821. The van der Waals surface area contributed by atoms with Gasteiger partial charge in [-0.05, 0) is 26.7 Å². The van der Waals surface area contributed by atoms with Crippen molar-refractivity contribution in [3.63, 3.8) is 0 Å². The molecule has 7 nitrogen and oxygen atoms in total. The van der Waals surface area contributed by atoms with Crippen molar-refractivity contribution < 1.29 is 14.1 Å². The molecule has 0 aliphatic carbocycles. The van der Waals surface area contributed by atoms with Crippen molar-refractivity contribution in [2.24, 2.45) is 5.92 Å². The lowest BCUT2D eigenvalue weighted by molar-refractivity contribution is -0.141. The minimum atomic E-state index is -0.0354. The largest absolute Gasteiger partial charge is 0.361 e. The van der Waals surface area contributed by atoms with Gasteiger partial charge in [0.25, 0.3) is 0 Å². The van der Waals surface area contributed by atoms with Gasteiger partial charge < -0.3 is 14.3 Å². The number of aromatic nitrogens is 1. The van der Waals surface area contributed by atoms with Crippen LogP contribution in [-0.4, -0.2) is 70.9 Å². The van der Waals surface area contributed by atoms with Crippen molar-refractivity contribution in [1.82, 2.24) is 19.9 Å². The minimum Gasteiger partial charge on any atom is -0.361 e. The zero-order valence-corrected chi connectivity index (χ0v) is 15.5. The van der Waals surface area contributed by atoms with Gasteiger partial charge in [0.1, 0.15) is 5.76 Å². The number of nitrogens with zero attached hydrogens (tertiary/aromatic N) is 4. The highest BCUT2D eigenvalue weighted by atomic mass is 16.5. The van der Waals surface area contributed by atoms with Gasteiger partial charge in [0.2, 0.25) is 11.8 Å². The van der Waals surface area contributed by atoms with E-state index in [2.05, 4.69) is 10.1 Å². The average molecular weight is 348 g/mol. The van der Waals surface area contributed by atoms with Crippen molar-refractivity contribution in [3.8, 4) is 0 Å². The zero-order chi connectivity index (χ0) is 18.0. The molecule has 2 fully saturated rings. The first-order valence-electron chi connectivity index (χ1n) is 9.14. The number of likely N-dealkylation sites (tertiary alicyclic amines) is 1. The van der Waals surface area contributed by atoms with E-state index in [0.717, 1.165) is 69.1 Å². The Morgan fingerprint density at radius 1 is 1.12 bits per heavy atom. The number of piperidine rings is 1. The molecule has 0 unspecified atom stereocenters. The van der Waals surface area contributed by atoms with E-state index in [9.17, 15) is 9.59 Å². The van der Waals surface area contributed by atoms with E-state index < -0.39 is 0 Å². The fourth-order valence-corrected chi connectivity index (χ4v) is 3.80. The number of carbonyl (C=O) groups is 2. The number of carbonyl (C=O) groups excluding carboxylic acids is 2. The lowest BCUT2D eigenvalue weighted by Gasteiger charge is -2.38. The summed E-state index contributed by atoms with van der Waals surface area (Å²) in [7, 11) is 0. The van der Waals surface area contributed by atoms with E-state index in [0.29, 0.717) is 6.54 Å². The molecule has 2 aliphatic rings. The average Bonchev–Trinajstić information content (AvgIpc) is 2.94. The first kappa shape index (κ1) is 17.9. The van der Waals surface area contributed by atoms with Crippen molar-refractivity contribution in [2.75, 3.05) is 39.3 Å². The number of hydrogen-bond donors (Lipinski definition) is 0. The molecule has 1 atom stereocenters. The Bertz CT molecular complexity index is 615. The molecular formula is C18H28N4O3. The third kappa shape index (κ3) is 4.03. The van der Waals surface area contributed by atoms with Crippen molar-refractivity contribution in [2.45, 2.75) is 40.2 Å². The summed E-state index contributed by atoms with van der Waals surface area (Å²) in [6.45, 7) is 10.9. The smallest absolute Gasteiger partial charge is 0.227 e. The zero-order valence-electron chi connectivity index (χ0n) is 15.5. The molecule has 0 saturated carbocycles. The molecule has 3 rings (SSSR count). The summed E-state index contributed by atoms with van der Waals surface area (Å²) >= 11 is 0. The van der Waals surface area contributed by atoms with Crippen LogP contribution in [0.1, 0.15) is 36.8 Å². The van der Waals surface area contributed by atoms with Crippen LogP contribution in [0.5, 0.6) is 0 Å². The molecule has 0 bridgehead atoms. The Labute approximate surface area is 148 Å². The van der Waals surface area contributed by atoms with Gasteiger partial charge in [-0.25, -0.2) is 0 Å². The lowest BCUT2D eigenvalue weighted by atomic mass is 9.96. The molecule has 1 aromatic rings. The minimum absolute atomic E-state index is 0.0354. The molecule has 0 spiro atoms. The summed E-state index contributed by atoms with van der Waals surface area (Å²) in [5.74, 6) is 1.12. The highest BCUT2D eigenvalue weighted by Gasteiger charge is 2.32. The summed E-state index contributed by atoms with van der Waals surface area (Å²) in [6, 6.07) is 0. The van der Waals surface area contributed by atoms with E-state index in [-0.39, 0.29) is 17.7 Å². The van der Waals surface area contributed by atoms with Crippen molar-refractivity contribution in [1.29, 1.82) is 0 Å². The van der Waals surface area contributed by atoms with Gasteiger partial charge in [-0.2, -0.15) is 0 Å². The van der Waals surface area contributed by atoms with Gasteiger partial charge in [0.15, 0.2) is 0 Å². The monoisotopic (exact) mass is 348 g/mol. The van der Waals surface area contributed by atoms with Crippen LogP contribution in [0.25, 0.3) is 0 Å². The van der Waals surface area contributed by atoms with Gasteiger partial charge in [-0.3, -0.25) is 14.5 Å². The van der Waals surface area contributed by atoms with Crippen LogP contribution in [0.4, 0.5) is 0 Å². The number of amides is 2. The van der Waals surface area contributed by atoms with Crippen LogP contribution in [0.15, 0.2) is 4.52 Å². The van der Waals surface area contributed by atoms with Crippen molar-refractivity contribution in [3.05, 3.63) is 17.0 Å². The molecule has 2 aliphatic heterocycles. The van der Waals surface area contributed by atoms with Crippen LogP contribution in [-0.2, 0) is 16.1 Å². The summed E-state index contributed by atoms with van der Waals surface area (Å²) in [5, 5.41) is 4.01. The summed E-state index contributed by atoms with van der Waals surface area (Å²) in [4.78, 5) is 30.5. The summed E-state index contributed by atoms with van der Waals surface area (Å²) in [6.07, 6.45) is 1.81. The van der Waals surface area contributed by atoms with Crippen molar-refractivity contribution >= 4 is 11.8 Å². The Morgan fingerprint density at radius 3 is 2.44 bits per heavy atom. The molecule has 25 heavy (non-hydrogen) atoms. The molecule has 138 valence electrons. The summed E-state index contributed by atoms with van der Waals surface area (Å²) in [5.41, 5.74) is 2.10. The molecule has 0 aromatic carbocycles. The van der Waals surface area contributed by atoms with Crippen LogP contribution in [0, 0.1) is 19.8 Å². The second-order valence-corrected chi connectivity index (χ2v) is 7.21. The van der Waals surface area contributed by atoms with E-state index in [1.807, 2.05) is 18.7 Å². The maximum absolute atomic E-state index is 12.8. The van der Waals surface area contributed by atoms with E-state index in [1.165, 1.54) is 0 Å². The molecule has 1 aromatic heterocycles. The van der Waals surface area contributed by atoms with Gasteiger partial charge >= 0.3 is 0 Å². The maximum atomic E-state index is 12.8. The Hall–Kier alpha value is -1.89. The highest BCUT2D eigenvalue weighted by Crippen LogP contribution is 2.21. The van der Waals surface area contributed by atoms with Crippen LogP contribution in [0.3, 0.4) is 0 Å². The van der Waals surface area contributed by atoms with Gasteiger partial charge in [0, 0.05) is 58.3 Å². The number of rotatable bonds is 3. The van der Waals surface area contributed by atoms with Crippen LogP contribution >= 0.6 is 0 Å². The number of aryl methyl sites for hydroxylation is 2. The van der Waals surface area contributed by atoms with Crippen LogP contribution < -0.4 is 0 Å². The van der Waals surface area contributed by atoms with E-state index in [1.54, 1.807) is 11.8 Å². The number of hydrogen-bond acceptors (Lipinski definition) is 5. The molecule has 2 amide bonds. The van der Waals surface area contributed by atoms with E-state index in [4.69, 9.17) is 4.52 Å². The fourth-order valence-electron chi connectivity index (χ4n) is 3.80. The SMILES string of the molecule is CC(=O)N1CCC[C@H](C(=O)N2CCN(Cc3c(C)noc3C)CC2)C1. The van der Waals surface area contributed by atoms with E-state index >= 15 is 0 Å². The fraction of sp³-hybridized carbons (Fsp3) is 0.722.